The van der Waals surface area contributed by atoms with E-state index in [1.165, 1.54) is 0 Å². The maximum atomic E-state index is 9.55. The molecule has 1 unspecified atom stereocenters. The van der Waals surface area contributed by atoms with E-state index in [-0.39, 0.29) is 11.7 Å². The number of aromatic hydroxyl groups is 1. The summed E-state index contributed by atoms with van der Waals surface area (Å²) in [4.78, 5) is 0. The minimum absolute atomic E-state index is 0.0227. The van der Waals surface area contributed by atoms with Gasteiger partial charge in [0.15, 0.2) is 17.3 Å². The Morgan fingerprint density at radius 3 is 2.63 bits per heavy atom. The highest BCUT2D eigenvalue weighted by Crippen LogP contribution is 2.28. The van der Waals surface area contributed by atoms with Crippen LogP contribution in [0.5, 0.6) is 5.75 Å². The molecule has 0 aliphatic rings. The molecule has 136 valence electrons. The number of fused-ring (bicyclic) bond motifs is 1. The van der Waals surface area contributed by atoms with Crippen molar-refractivity contribution in [2.75, 3.05) is 5.32 Å². The van der Waals surface area contributed by atoms with E-state index in [1.54, 1.807) is 16.6 Å². The van der Waals surface area contributed by atoms with Crippen LogP contribution < -0.4 is 5.32 Å². The molecule has 2 aromatic carbocycles. The van der Waals surface area contributed by atoms with Gasteiger partial charge < -0.3 is 10.4 Å². The normalized spacial score (nSPS) is 12.2. The molecule has 0 bridgehead atoms. The summed E-state index contributed by atoms with van der Waals surface area (Å²) in [6.07, 6.45) is 0.833. The minimum atomic E-state index is 0.0227. The van der Waals surface area contributed by atoms with Gasteiger partial charge >= 0.3 is 0 Å². The molecule has 4 rings (SSSR count). The summed E-state index contributed by atoms with van der Waals surface area (Å²) >= 11 is 6.05. The minimum Gasteiger partial charge on any atom is -0.508 e. The Bertz CT molecular complexity index is 1080. The number of nitrogens with one attached hydrogen (secondary N) is 1. The number of anilines is 2. The molecule has 0 fully saturated rings. The molecule has 0 saturated carbocycles. The van der Waals surface area contributed by atoms with Crippen LogP contribution in [0.4, 0.5) is 11.5 Å². The predicted molar refractivity (Wildman–Crippen MR) is 106 cm³/mol. The average molecular weight is 380 g/mol. The van der Waals surface area contributed by atoms with Gasteiger partial charge in [0.05, 0.1) is 0 Å². The van der Waals surface area contributed by atoms with Gasteiger partial charge in [-0.15, -0.1) is 15.3 Å². The maximum Gasteiger partial charge on any atom is 0.178 e. The van der Waals surface area contributed by atoms with Crippen molar-refractivity contribution in [3.8, 4) is 5.75 Å². The number of hydrogen-bond donors (Lipinski definition) is 2. The summed E-state index contributed by atoms with van der Waals surface area (Å²) in [5.74, 6) is 1.69. The zero-order chi connectivity index (χ0) is 18.8. The van der Waals surface area contributed by atoms with Crippen molar-refractivity contribution in [2.45, 2.75) is 19.3 Å². The molecule has 0 aliphatic heterocycles. The molecule has 0 spiro atoms. The summed E-state index contributed by atoms with van der Waals surface area (Å²) in [5, 5.41) is 26.7. The number of nitrogens with zero attached hydrogens (tertiary/aromatic N) is 4. The number of halogens is 1. The topological polar surface area (TPSA) is 75.3 Å². The number of phenols is 1. The Kier molecular flexibility index (Phi) is 4.64. The van der Waals surface area contributed by atoms with Gasteiger partial charge in [-0.05, 0) is 54.4 Å². The van der Waals surface area contributed by atoms with Crippen molar-refractivity contribution in [1.29, 1.82) is 0 Å². The SMILES string of the molecule is CCC(c1ccc(O)cc1)c1nnc2ccc(Nc3cccc(Cl)c3)nn12. The van der Waals surface area contributed by atoms with Gasteiger partial charge in [0.25, 0.3) is 0 Å². The van der Waals surface area contributed by atoms with Crippen LogP contribution in [-0.2, 0) is 0 Å². The van der Waals surface area contributed by atoms with Crippen LogP contribution in [0, 0.1) is 0 Å². The van der Waals surface area contributed by atoms with E-state index in [0.29, 0.717) is 16.5 Å². The van der Waals surface area contributed by atoms with E-state index in [1.807, 2.05) is 48.5 Å². The van der Waals surface area contributed by atoms with Crippen molar-refractivity contribution >= 4 is 28.8 Å². The standard InChI is InChI=1S/C20H18ClN5O/c1-2-17(13-6-8-16(27)9-7-13)20-24-23-19-11-10-18(25-26(19)20)22-15-5-3-4-14(21)12-15/h3-12,17,27H,2H2,1H3,(H,22,25). The quantitative estimate of drug-likeness (QED) is 0.522. The van der Waals surface area contributed by atoms with Gasteiger partial charge in [0.2, 0.25) is 0 Å². The molecule has 2 heterocycles. The highest BCUT2D eigenvalue weighted by molar-refractivity contribution is 6.30. The second-order valence-electron chi connectivity index (χ2n) is 6.23. The third kappa shape index (κ3) is 3.57. The van der Waals surface area contributed by atoms with E-state index in [4.69, 9.17) is 11.6 Å². The average Bonchev–Trinajstić information content (AvgIpc) is 3.07. The fraction of sp³-hybridized carbons (Fsp3) is 0.150. The number of rotatable bonds is 5. The van der Waals surface area contributed by atoms with Gasteiger partial charge in [0, 0.05) is 16.6 Å². The Hall–Kier alpha value is -3.12. The summed E-state index contributed by atoms with van der Waals surface area (Å²) in [5.41, 5.74) is 2.59. The monoisotopic (exact) mass is 379 g/mol. The lowest BCUT2D eigenvalue weighted by atomic mass is 9.96. The Labute approximate surface area is 161 Å². The zero-order valence-electron chi connectivity index (χ0n) is 14.7. The zero-order valence-corrected chi connectivity index (χ0v) is 15.4. The number of hydrogen-bond acceptors (Lipinski definition) is 5. The Balaban J connectivity index is 1.72. The molecule has 2 aromatic heterocycles. The van der Waals surface area contributed by atoms with Crippen molar-refractivity contribution in [1.82, 2.24) is 19.8 Å². The number of benzene rings is 2. The highest BCUT2D eigenvalue weighted by Gasteiger charge is 2.19. The van der Waals surface area contributed by atoms with E-state index in [9.17, 15) is 5.11 Å². The fourth-order valence-corrected chi connectivity index (χ4v) is 3.27. The summed E-state index contributed by atoms with van der Waals surface area (Å²) in [7, 11) is 0. The molecule has 0 aliphatic carbocycles. The van der Waals surface area contributed by atoms with E-state index in [0.717, 1.165) is 23.5 Å². The van der Waals surface area contributed by atoms with Gasteiger partial charge in [0.1, 0.15) is 5.75 Å². The molecule has 27 heavy (non-hydrogen) atoms. The van der Waals surface area contributed by atoms with E-state index >= 15 is 0 Å². The summed E-state index contributed by atoms with van der Waals surface area (Å²) < 4.78 is 1.76. The number of phenolic OH excluding ortho intramolecular Hbond substituents is 1. The first-order valence-corrected chi connectivity index (χ1v) is 9.05. The summed E-state index contributed by atoms with van der Waals surface area (Å²) in [6.45, 7) is 2.09. The lowest BCUT2D eigenvalue weighted by Crippen LogP contribution is -2.08. The van der Waals surface area contributed by atoms with Gasteiger partial charge in [-0.2, -0.15) is 4.52 Å². The first kappa shape index (κ1) is 17.3. The molecular weight excluding hydrogens is 362 g/mol. The van der Waals surface area contributed by atoms with Crippen molar-refractivity contribution in [3.05, 3.63) is 77.1 Å². The summed E-state index contributed by atoms with van der Waals surface area (Å²) in [6, 6.07) is 18.4. The van der Waals surface area contributed by atoms with Gasteiger partial charge in [-0.3, -0.25) is 0 Å². The fourth-order valence-electron chi connectivity index (χ4n) is 3.08. The molecular formula is C20H18ClN5O. The lowest BCUT2D eigenvalue weighted by Gasteiger charge is -2.14. The van der Waals surface area contributed by atoms with Crippen LogP contribution >= 0.6 is 11.6 Å². The maximum absolute atomic E-state index is 9.55. The predicted octanol–water partition coefficient (Wildman–Crippen LogP) is 4.77. The van der Waals surface area contributed by atoms with E-state index in [2.05, 4.69) is 27.5 Å². The van der Waals surface area contributed by atoms with Crippen molar-refractivity contribution in [2.24, 2.45) is 0 Å². The largest absolute Gasteiger partial charge is 0.508 e. The molecule has 6 nitrogen and oxygen atoms in total. The smallest absolute Gasteiger partial charge is 0.178 e. The second kappa shape index (κ2) is 7.25. The van der Waals surface area contributed by atoms with Crippen LogP contribution in [0.1, 0.15) is 30.7 Å². The third-order valence-electron chi connectivity index (χ3n) is 4.40. The first-order chi connectivity index (χ1) is 13.1. The molecule has 0 saturated heterocycles. The Morgan fingerprint density at radius 1 is 1.07 bits per heavy atom. The molecule has 0 amide bonds. The lowest BCUT2D eigenvalue weighted by molar-refractivity contribution is 0.475. The first-order valence-electron chi connectivity index (χ1n) is 8.68. The van der Waals surface area contributed by atoms with Gasteiger partial charge in [-0.25, -0.2) is 0 Å². The van der Waals surface area contributed by atoms with Crippen LogP contribution in [0.2, 0.25) is 5.02 Å². The molecule has 7 heteroatoms. The molecule has 4 aromatic rings. The highest BCUT2D eigenvalue weighted by atomic mass is 35.5. The van der Waals surface area contributed by atoms with Crippen LogP contribution in [0.25, 0.3) is 5.65 Å². The third-order valence-corrected chi connectivity index (χ3v) is 4.63. The molecule has 0 radical (unpaired) electrons. The number of aromatic nitrogens is 4. The van der Waals surface area contributed by atoms with Gasteiger partial charge in [-0.1, -0.05) is 36.7 Å². The van der Waals surface area contributed by atoms with Crippen LogP contribution in [0.3, 0.4) is 0 Å². The van der Waals surface area contributed by atoms with Crippen LogP contribution in [0.15, 0.2) is 60.7 Å². The second-order valence-corrected chi connectivity index (χ2v) is 6.67. The Morgan fingerprint density at radius 2 is 1.89 bits per heavy atom. The van der Waals surface area contributed by atoms with E-state index < -0.39 is 0 Å². The van der Waals surface area contributed by atoms with Crippen LogP contribution in [-0.4, -0.2) is 24.9 Å². The van der Waals surface area contributed by atoms with Crippen molar-refractivity contribution in [3.63, 3.8) is 0 Å². The molecule has 2 N–H and O–H groups in total. The van der Waals surface area contributed by atoms with Crippen molar-refractivity contribution < 1.29 is 5.11 Å². The molecule has 1 atom stereocenters.